The Balaban J connectivity index is 1.45. The van der Waals surface area contributed by atoms with E-state index in [1.807, 2.05) is 29.2 Å². The SMILES string of the molecule is CC(=O)Nc1ccc(NC(=O)c2cc(NCCCN3CCCC3=O)nc3ccccc23)cc1. The number of aromatic nitrogens is 1. The van der Waals surface area contributed by atoms with Crippen molar-refractivity contribution in [3.63, 3.8) is 0 Å². The number of anilines is 3. The number of rotatable bonds is 8. The highest BCUT2D eigenvalue weighted by atomic mass is 16.2. The minimum atomic E-state index is -0.244. The molecule has 33 heavy (non-hydrogen) atoms. The normalized spacial score (nSPS) is 13.2. The predicted octanol–water partition coefficient (Wildman–Crippen LogP) is 3.87. The zero-order valence-electron chi connectivity index (χ0n) is 18.6. The molecular weight excluding hydrogens is 418 g/mol. The Morgan fingerprint density at radius 2 is 1.76 bits per heavy atom. The lowest BCUT2D eigenvalue weighted by Gasteiger charge is -2.16. The van der Waals surface area contributed by atoms with Crippen molar-refractivity contribution in [2.24, 2.45) is 0 Å². The minimum Gasteiger partial charge on any atom is -0.370 e. The summed E-state index contributed by atoms with van der Waals surface area (Å²) in [5.74, 6) is 0.448. The van der Waals surface area contributed by atoms with Crippen LogP contribution in [0.15, 0.2) is 54.6 Å². The van der Waals surface area contributed by atoms with Crippen molar-refractivity contribution in [3.05, 3.63) is 60.2 Å². The summed E-state index contributed by atoms with van der Waals surface area (Å²) in [7, 11) is 0. The monoisotopic (exact) mass is 445 g/mol. The molecule has 170 valence electrons. The number of benzene rings is 2. The predicted molar refractivity (Wildman–Crippen MR) is 129 cm³/mol. The van der Waals surface area contributed by atoms with E-state index in [1.165, 1.54) is 6.92 Å². The van der Waals surface area contributed by atoms with Crippen LogP contribution in [0.1, 0.15) is 36.5 Å². The Bertz CT molecular complexity index is 1180. The molecule has 1 aliphatic heterocycles. The van der Waals surface area contributed by atoms with Gasteiger partial charge in [0.2, 0.25) is 11.8 Å². The van der Waals surface area contributed by atoms with Crippen molar-refractivity contribution in [1.82, 2.24) is 9.88 Å². The zero-order valence-corrected chi connectivity index (χ0v) is 18.6. The lowest BCUT2D eigenvalue weighted by molar-refractivity contribution is -0.127. The van der Waals surface area contributed by atoms with Gasteiger partial charge in [0.1, 0.15) is 5.82 Å². The fraction of sp³-hybridized carbons (Fsp3) is 0.280. The molecule has 8 nitrogen and oxygen atoms in total. The third-order valence-corrected chi connectivity index (χ3v) is 5.51. The number of pyridine rings is 1. The fourth-order valence-electron chi connectivity index (χ4n) is 3.92. The van der Waals surface area contributed by atoms with Crippen LogP contribution in [0.3, 0.4) is 0 Å². The van der Waals surface area contributed by atoms with Gasteiger partial charge in [-0.3, -0.25) is 14.4 Å². The van der Waals surface area contributed by atoms with Gasteiger partial charge in [-0.2, -0.15) is 0 Å². The average molecular weight is 446 g/mol. The second kappa shape index (κ2) is 10.1. The molecule has 2 heterocycles. The molecule has 0 spiro atoms. The molecule has 1 saturated heterocycles. The maximum absolute atomic E-state index is 13.1. The van der Waals surface area contributed by atoms with Crippen molar-refractivity contribution in [1.29, 1.82) is 0 Å². The summed E-state index contributed by atoms with van der Waals surface area (Å²) in [5.41, 5.74) is 2.53. The summed E-state index contributed by atoms with van der Waals surface area (Å²) >= 11 is 0. The van der Waals surface area contributed by atoms with Gasteiger partial charge >= 0.3 is 0 Å². The highest BCUT2D eigenvalue weighted by molar-refractivity contribution is 6.13. The van der Waals surface area contributed by atoms with Gasteiger partial charge in [0.15, 0.2) is 0 Å². The van der Waals surface area contributed by atoms with E-state index in [0.29, 0.717) is 35.7 Å². The molecule has 8 heteroatoms. The van der Waals surface area contributed by atoms with Gasteiger partial charge in [-0.05, 0) is 49.2 Å². The van der Waals surface area contributed by atoms with Crippen LogP contribution >= 0.6 is 0 Å². The van der Waals surface area contributed by atoms with Crippen molar-refractivity contribution < 1.29 is 14.4 Å². The number of likely N-dealkylation sites (tertiary alicyclic amines) is 1. The number of para-hydroxylation sites is 1. The molecule has 1 aliphatic rings. The topological polar surface area (TPSA) is 103 Å². The maximum atomic E-state index is 13.1. The van der Waals surface area contributed by atoms with Gasteiger partial charge in [0, 0.05) is 49.7 Å². The smallest absolute Gasteiger partial charge is 0.256 e. The molecule has 3 N–H and O–H groups in total. The molecule has 0 bridgehead atoms. The molecule has 3 aromatic rings. The van der Waals surface area contributed by atoms with E-state index in [1.54, 1.807) is 30.3 Å². The van der Waals surface area contributed by atoms with Crippen LogP contribution in [-0.4, -0.2) is 47.2 Å². The van der Waals surface area contributed by atoms with Gasteiger partial charge in [-0.25, -0.2) is 4.98 Å². The van der Waals surface area contributed by atoms with E-state index in [0.717, 1.165) is 36.8 Å². The summed E-state index contributed by atoms with van der Waals surface area (Å²) in [6, 6.07) is 16.2. The molecule has 4 rings (SSSR count). The van der Waals surface area contributed by atoms with Crippen molar-refractivity contribution in [2.75, 3.05) is 35.6 Å². The second-order valence-electron chi connectivity index (χ2n) is 8.05. The zero-order chi connectivity index (χ0) is 23.2. The molecule has 0 atom stereocenters. The third kappa shape index (κ3) is 5.65. The maximum Gasteiger partial charge on any atom is 0.256 e. The van der Waals surface area contributed by atoms with Crippen LogP contribution in [0.2, 0.25) is 0 Å². The number of nitrogens with one attached hydrogen (secondary N) is 3. The van der Waals surface area contributed by atoms with Crippen LogP contribution in [-0.2, 0) is 9.59 Å². The first-order valence-corrected chi connectivity index (χ1v) is 11.1. The Morgan fingerprint density at radius 1 is 1.03 bits per heavy atom. The molecule has 2 aromatic carbocycles. The standard InChI is InChI=1S/C25H27N5O3/c1-17(31)27-18-9-11-19(12-10-18)28-25(33)21-16-23(29-22-7-3-2-6-20(21)22)26-13-5-15-30-14-4-8-24(30)32/h2-3,6-7,9-12,16H,4-5,8,13-15H2,1H3,(H,26,29)(H,27,31)(H,28,33). The van der Waals surface area contributed by atoms with Gasteiger partial charge in [0.05, 0.1) is 11.1 Å². The van der Waals surface area contributed by atoms with Crippen molar-refractivity contribution >= 4 is 45.8 Å². The van der Waals surface area contributed by atoms with Crippen molar-refractivity contribution in [2.45, 2.75) is 26.2 Å². The first-order chi connectivity index (χ1) is 16.0. The van der Waals surface area contributed by atoms with Gasteiger partial charge in [-0.1, -0.05) is 18.2 Å². The summed E-state index contributed by atoms with van der Waals surface area (Å²) in [6.07, 6.45) is 2.39. The number of carbonyl (C=O) groups excluding carboxylic acids is 3. The summed E-state index contributed by atoms with van der Waals surface area (Å²) in [4.78, 5) is 42.6. The van der Waals surface area contributed by atoms with Crippen LogP contribution < -0.4 is 16.0 Å². The van der Waals surface area contributed by atoms with Gasteiger partial charge in [-0.15, -0.1) is 0 Å². The number of nitrogens with zero attached hydrogens (tertiary/aromatic N) is 2. The van der Waals surface area contributed by atoms with E-state index >= 15 is 0 Å². The Kier molecular flexibility index (Phi) is 6.83. The number of hydrogen-bond acceptors (Lipinski definition) is 5. The van der Waals surface area contributed by atoms with Crippen LogP contribution in [0.25, 0.3) is 10.9 Å². The molecule has 1 fully saturated rings. The highest BCUT2D eigenvalue weighted by Gasteiger charge is 2.19. The quantitative estimate of drug-likeness (QED) is 0.457. The molecule has 0 saturated carbocycles. The first-order valence-electron chi connectivity index (χ1n) is 11.1. The molecular formula is C25H27N5O3. The fourth-order valence-corrected chi connectivity index (χ4v) is 3.92. The molecule has 0 unspecified atom stereocenters. The molecule has 0 radical (unpaired) electrons. The minimum absolute atomic E-state index is 0.151. The number of amides is 3. The number of fused-ring (bicyclic) bond motifs is 1. The number of hydrogen-bond donors (Lipinski definition) is 3. The van der Waals surface area contributed by atoms with Crippen LogP contribution in [0.5, 0.6) is 0 Å². The summed E-state index contributed by atoms with van der Waals surface area (Å²) < 4.78 is 0. The van der Waals surface area contributed by atoms with E-state index in [-0.39, 0.29) is 17.7 Å². The van der Waals surface area contributed by atoms with E-state index < -0.39 is 0 Å². The Morgan fingerprint density at radius 3 is 2.45 bits per heavy atom. The van der Waals surface area contributed by atoms with E-state index in [2.05, 4.69) is 20.9 Å². The van der Waals surface area contributed by atoms with Gasteiger partial charge < -0.3 is 20.9 Å². The summed E-state index contributed by atoms with van der Waals surface area (Å²) in [6.45, 7) is 3.66. The molecule has 1 aromatic heterocycles. The second-order valence-corrected chi connectivity index (χ2v) is 8.05. The average Bonchev–Trinajstić information content (AvgIpc) is 3.21. The van der Waals surface area contributed by atoms with Crippen LogP contribution in [0, 0.1) is 0 Å². The highest BCUT2D eigenvalue weighted by Crippen LogP contribution is 2.23. The number of carbonyl (C=O) groups is 3. The molecule has 0 aliphatic carbocycles. The molecule has 3 amide bonds. The van der Waals surface area contributed by atoms with Crippen LogP contribution in [0.4, 0.5) is 17.2 Å². The van der Waals surface area contributed by atoms with E-state index in [4.69, 9.17) is 0 Å². The van der Waals surface area contributed by atoms with E-state index in [9.17, 15) is 14.4 Å². The Hall–Kier alpha value is -3.94. The lowest BCUT2D eigenvalue weighted by Crippen LogP contribution is -2.27. The van der Waals surface area contributed by atoms with Gasteiger partial charge in [0.25, 0.3) is 5.91 Å². The van der Waals surface area contributed by atoms with Crippen molar-refractivity contribution in [3.8, 4) is 0 Å². The third-order valence-electron chi connectivity index (χ3n) is 5.51. The lowest BCUT2D eigenvalue weighted by atomic mass is 10.1. The largest absolute Gasteiger partial charge is 0.370 e. The first kappa shape index (κ1) is 22.3. The Labute approximate surface area is 192 Å². The summed E-state index contributed by atoms with van der Waals surface area (Å²) in [5, 5.41) is 9.67.